The van der Waals surface area contributed by atoms with Gasteiger partial charge in [-0.05, 0) is 43.5 Å². The summed E-state index contributed by atoms with van der Waals surface area (Å²) < 4.78 is 7.74. The molecule has 2 aromatic heterocycles. The molecule has 1 aromatic carbocycles. The molecule has 0 spiro atoms. The van der Waals surface area contributed by atoms with E-state index in [4.69, 9.17) is 4.74 Å². The molecule has 0 aliphatic carbocycles. The van der Waals surface area contributed by atoms with E-state index >= 15 is 0 Å². The van der Waals surface area contributed by atoms with Crippen molar-refractivity contribution >= 4 is 34.1 Å². The van der Waals surface area contributed by atoms with Gasteiger partial charge in [-0.15, -0.1) is 20.4 Å². The van der Waals surface area contributed by atoms with Crippen LogP contribution in [0.5, 0.6) is 5.75 Å². The van der Waals surface area contributed by atoms with E-state index in [1.165, 1.54) is 23.1 Å². The molecule has 0 aliphatic rings. The van der Waals surface area contributed by atoms with Gasteiger partial charge in [0.15, 0.2) is 11.0 Å². The molecule has 10 heteroatoms. The monoisotopic (exact) mass is 446 g/mol. The van der Waals surface area contributed by atoms with Crippen molar-refractivity contribution in [1.29, 1.82) is 0 Å². The molecule has 8 nitrogen and oxygen atoms in total. The third-order valence-corrected chi connectivity index (χ3v) is 6.03. The van der Waals surface area contributed by atoms with Crippen molar-refractivity contribution in [2.24, 2.45) is 5.92 Å². The highest BCUT2D eigenvalue weighted by Crippen LogP contribution is 2.26. The number of benzene rings is 1. The molecule has 0 saturated carbocycles. The molecule has 0 fully saturated rings. The van der Waals surface area contributed by atoms with Crippen LogP contribution in [0.1, 0.15) is 32.7 Å². The highest BCUT2D eigenvalue weighted by Gasteiger charge is 2.15. The Labute approximate surface area is 184 Å². The first-order valence-electron chi connectivity index (χ1n) is 9.91. The number of thioether (sulfide) groups is 1. The van der Waals surface area contributed by atoms with Crippen LogP contribution in [0.2, 0.25) is 0 Å². The molecule has 0 saturated heterocycles. The van der Waals surface area contributed by atoms with Gasteiger partial charge >= 0.3 is 0 Å². The number of aryl methyl sites for hydroxylation is 1. The Kier molecular flexibility index (Phi) is 7.81. The fourth-order valence-electron chi connectivity index (χ4n) is 2.59. The highest BCUT2D eigenvalue weighted by atomic mass is 32.2. The summed E-state index contributed by atoms with van der Waals surface area (Å²) in [6.07, 6.45) is 0.801. The summed E-state index contributed by atoms with van der Waals surface area (Å²) >= 11 is 2.74. The summed E-state index contributed by atoms with van der Waals surface area (Å²) in [6.45, 7) is 9.66. The summed E-state index contributed by atoms with van der Waals surface area (Å²) in [6, 6.07) is 7.85. The SMILES string of the molecule is CCc1nnc(NC(=O)CSc2nnc(-c3ccc(OCC(C)C)cc3)n2CC)s1. The molecular formula is C20H26N6O2S2. The molecule has 0 atom stereocenters. The molecule has 0 radical (unpaired) electrons. The molecule has 3 aromatic rings. The maximum absolute atomic E-state index is 12.2. The number of carbonyl (C=O) groups is 1. The second-order valence-corrected chi connectivity index (χ2v) is 8.98. The van der Waals surface area contributed by atoms with Crippen LogP contribution in [-0.2, 0) is 17.8 Å². The lowest BCUT2D eigenvalue weighted by Crippen LogP contribution is -2.14. The number of nitrogens with one attached hydrogen (secondary N) is 1. The van der Waals surface area contributed by atoms with Crippen molar-refractivity contribution in [2.45, 2.75) is 45.8 Å². The Balaban J connectivity index is 1.62. The van der Waals surface area contributed by atoms with Gasteiger partial charge in [-0.1, -0.05) is 43.9 Å². The van der Waals surface area contributed by atoms with Gasteiger partial charge in [-0.2, -0.15) is 0 Å². The van der Waals surface area contributed by atoms with E-state index < -0.39 is 0 Å². The smallest absolute Gasteiger partial charge is 0.236 e. The number of anilines is 1. The first kappa shape index (κ1) is 22.2. The second kappa shape index (κ2) is 10.5. The number of ether oxygens (including phenoxy) is 1. The van der Waals surface area contributed by atoms with Crippen molar-refractivity contribution < 1.29 is 9.53 Å². The fourth-order valence-corrected chi connectivity index (χ4v) is 4.09. The number of carbonyl (C=O) groups excluding carboxylic acids is 1. The molecular weight excluding hydrogens is 420 g/mol. The van der Waals surface area contributed by atoms with Gasteiger partial charge in [0, 0.05) is 12.1 Å². The lowest BCUT2D eigenvalue weighted by molar-refractivity contribution is -0.113. The Morgan fingerprint density at radius 1 is 1.17 bits per heavy atom. The van der Waals surface area contributed by atoms with E-state index in [0.29, 0.717) is 29.4 Å². The van der Waals surface area contributed by atoms with Gasteiger partial charge in [0.2, 0.25) is 11.0 Å². The molecule has 0 aliphatic heterocycles. The first-order chi connectivity index (χ1) is 14.5. The van der Waals surface area contributed by atoms with Crippen molar-refractivity contribution in [3.63, 3.8) is 0 Å². The van der Waals surface area contributed by atoms with Gasteiger partial charge in [0.05, 0.1) is 12.4 Å². The number of hydrogen-bond acceptors (Lipinski definition) is 8. The minimum Gasteiger partial charge on any atom is -0.493 e. The predicted octanol–water partition coefficient (Wildman–Crippen LogP) is 4.14. The van der Waals surface area contributed by atoms with Crippen LogP contribution in [0.3, 0.4) is 0 Å². The van der Waals surface area contributed by atoms with E-state index in [2.05, 4.69) is 39.6 Å². The Bertz CT molecular complexity index is 968. The molecule has 160 valence electrons. The van der Waals surface area contributed by atoms with Crippen LogP contribution in [-0.4, -0.2) is 43.2 Å². The number of rotatable bonds is 10. The van der Waals surface area contributed by atoms with Crippen molar-refractivity contribution in [3.05, 3.63) is 29.3 Å². The summed E-state index contributed by atoms with van der Waals surface area (Å²) in [7, 11) is 0. The maximum Gasteiger partial charge on any atom is 0.236 e. The molecule has 1 amide bonds. The van der Waals surface area contributed by atoms with Gasteiger partial charge in [-0.3, -0.25) is 10.1 Å². The normalized spacial score (nSPS) is 11.1. The number of amides is 1. The standard InChI is InChI=1S/C20H26N6O2S2/c1-5-17-22-24-19(30-17)21-16(27)12-29-20-25-23-18(26(20)6-2)14-7-9-15(10-8-14)28-11-13(3)4/h7-10,13H,5-6,11-12H2,1-4H3,(H,21,24,27). The Hall–Kier alpha value is -2.46. The lowest BCUT2D eigenvalue weighted by Gasteiger charge is -2.10. The quantitative estimate of drug-likeness (QED) is 0.468. The number of aromatic nitrogens is 5. The zero-order chi connectivity index (χ0) is 21.5. The van der Waals surface area contributed by atoms with E-state index in [1.54, 1.807) is 0 Å². The van der Waals surface area contributed by atoms with Gasteiger partial charge in [0.25, 0.3) is 0 Å². The number of nitrogens with zero attached hydrogens (tertiary/aromatic N) is 5. The summed E-state index contributed by atoms with van der Waals surface area (Å²) in [4.78, 5) is 12.2. The second-order valence-electron chi connectivity index (χ2n) is 6.97. The average molecular weight is 447 g/mol. The molecule has 2 heterocycles. The van der Waals surface area contributed by atoms with Crippen molar-refractivity contribution in [3.8, 4) is 17.1 Å². The van der Waals surface area contributed by atoms with Crippen molar-refractivity contribution in [2.75, 3.05) is 17.7 Å². The van der Waals surface area contributed by atoms with Crippen LogP contribution in [0.15, 0.2) is 29.4 Å². The lowest BCUT2D eigenvalue weighted by atomic mass is 10.2. The third-order valence-electron chi connectivity index (χ3n) is 4.08. The van der Waals surface area contributed by atoms with Crippen LogP contribution in [0, 0.1) is 5.92 Å². The van der Waals surface area contributed by atoms with E-state index in [0.717, 1.165) is 28.6 Å². The minimum atomic E-state index is -0.141. The Morgan fingerprint density at radius 2 is 1.93 bits per heavy atom. The topological polar surface area (TPSA) is 94.8 Å². The zero-order valence-corrected chi connectivity index (χ0v) is 19.2. The minimum absolute atomic E-state index is 0.141. The van der Waals surface area contributed by atoms with Crippen LogP contribution >= 0.6 is 23.1 Å². The molecule has 0 unspecified atom stereocenters. The fraction of sp³-hybridized carbons (Fsp3) is 0.450. The van der Waals surface area contributed by atoms with Crippen LogP contribution in [0.25, 0.3) is 11.4 Å². The maximum atomic E-state index is 12.2. The molecule has 0 bridgehead atoms. The van der Waals surface area contributed by atoms with Gasteiger partial charge in [0.1, 0.15) is 10.8 Å². The molecule has 3 rings (SSSR count). The van der Waals surface area contributed by atoms with Crippen LogP contribution in [0.4, 0.5) is 5.13 Å². The largest absolute Gasteiger partial charge is 0.493 e. The number of hydrogen-bond donors (Lipinski definition) is 1. The van der Waals surface area contributed by atoms with E-state index in [9.17, 15) is 4.79 Å². The highest BCUT2D eigenvalue weighted by molar-refractivity contribution is 7.99. The van der Waals surface area contributed by atoms with E-state index in [-0.39, 0.29) is 11.7 Å². The molecule has 30 heavy (non-hydrogen) atoms. The zero-order valence-electron chi connectivity index (χ0n) is 17.6. The van der Waals surface area contributed by atoms with Gasteiger partial charge in [-0.25, -0.2) is 0 Å². The third kappa shape index (κ3) is 5.79. The average Bonchev–Trinajstić information content (AvgIpc) is 3.37. The van der Waals surface area contributed by atoms with Crippen molar-refractivity contribution in [1.82, 2.24) is 25.0 Å². The summed E-state index contributed by atoms with van der Waals surface area (Å²) in [5.74, 6) is 2.17. The first-order valence-corrected chi connectivity index (χ1v) is 11.7. The molecule has 1 N–H and O–H groups in total. The Morgan fingerprint density at radius 3 is 2.57 bits per heavy atom. The van der Waals surface area contributed by atoms with Gasteiger partial charge < -0.3 is 9.30 Å². The summed E-state index contributed by atoms with van der Waals surface area (Å²) in [5.41, 5.74) is 0.957. The van der Waals surface area contributed by atoms with E-state index in [1.807, 2.05) is 42.7 Å². The van der Waals surface area contributed by atoms with Crippen LogP contribution < -0.4 is 10.1 Å². The summed E-state index contributed by atoms with van der Waals surface area (Å²) in [5, 5.41) is 21.5. The predicted molar refractivity (Wildman–Crippen MR) is 120 cm³/mol.